The fraction of sp³-hybridized carbons (Fsp3) is 0.0526. The second kappa shape index (κ2) is 8.74. The van der Waals surface area contributed by atoms with Crippen LogP contribution in [0.2, 0.25) is 0 Å². The smallest absolute Gasteiger partial charge is 0.325 e. The Kier molecular flexibility index (Phi) is 5.93. The number of nitrogens with two attached hydrogens (primary N) is 1. The summed E-state index contributed by atoms with van der Waals surface area (Å²) in [6.45, 7) is 0. The van der Waals surface area contributed by atoms with Gasteiger partial charge in [-0.2, -0.15) is 4.98 Å². The maximum absolute atomic E-state index is 14.2. The van der Waals surface area contributed by atoms with Crippen LogP contribution >= 0.6 is 0 Å². The highest BCUT2D eigenvalue weighted by atomic mass is 19.1. The molecule has 0 atom stereocenters. The molecule has 1 heterocycles. The summed E-state index contributed by atoms with van der Waals surface area (Å²) in [7, 11) is 0. The van der Waals surface area contributed by atoms with Gasteiger partial charge in [-0.3, -0.25) is 10.1 Å². The molecular formula is C19H15F2N5O3. The Morgan fingerprint density at radius 1 is 1.07 bits per heavy atom. The van der Waals surface area contributed by atoms with E-state index in [4.69, 9.17) is 10.5 Å². The summed E-state index contributed by atoms with van der Waals surface area (Å²) in [6, 6.07) is 9.55. The molecule has 3 aromatic rings. The number of nitrogens with one attached hydrogen (secondary N) is 2. The highest BCUT2D eigenvalue weighted by Gasteiger charge is 2.12. The summed E-state index contributed by atoms with van der Waals surface area (Å²) in [5, 5.41) is 4.44. The average Bonchev–Trinajstić information content (AvgIpc) is 2.66. The normalized spacial score (nSPS) is 10.3. The molecule has 3 amide bonds. The molecule has 0 radical (unpaired) electrons. The molecule has 0 aliphatic carbocycles. The number of carbonyl (C=O) groups is 2. The van der Waals surface area contributed by atoms with Crippen LogP contribution in [0, 0.1) is 11.6 Å². The molecule has 3 rings (SSSR count). The second-order valence-electron chi connectivity index (χ2n) is 5.81. The first-order chi connectivity index (χ1) is 13.9. The molecule has 2 aromatic carbocycles. The maximum atomic E-state index is 14.2. The van der Waals surface area contributed by atoms with Crippen LogP contribution in [0.1, 0.15) is 5.56 Å². The van der Waals surface area contributed by atoms with E-state index < -0.39 is 23.6 Å². The minimum absolute atomic E-state index is 0.0248. The van der Waals surface area contributed by atoms with Gasteiger partial charge < -0.3 is 15.8 Å². The monoisotopic (exact) mass is 399 g/mol. The Bertz CT molecular complexity index is 1040. The minimum atomic E-state index is -0.839. The van der Waals surface area contributed by atoms with Gasteiger partial charge in [0.05, 0.1) is 6.42 Å². The molecule has 0 unspecified atom stereocenters. The molecule has 0 saturated heterocycles. The Balaban J connectivity index is 1.56. The highest BCUT2D eigenvalue weighted by molar-refractivity contribution is 6.01. The van der Waals surface area contributed by atoms with Crippen molar-refractivity contribution in [2.24, 2.45) is 0 Å². The first kappa shape index (κ1) is 19.7. The molecule has 29 heavy (non-hydrogen) atoms. The third-order valence-corrected chi connectivity index (χ3v) is 3.58. The van der Waals surface area contributed by atoms with Crippen molar-refractivity contribution in [3.05, 3.63) is 71.9 Å². The number of anilines is 2. The zero-order valence-electron chi connectivity index (χ0n) is 14.9. The summed E-state index contributed by atoms with van der Waals surface area (Å²) < 4.78 is 32.3. The zero-order chi connectivity index (χ0) is 20.8. The number of nitrogen functional groups attached to an aromatic ring is 1. The Morgan fingerprint density at radius 2 is 1.83 bits per heavy atom. The molecule has 4 N–H and O–H groups in total. The number of rotatable bonds is 5. The molecule has 10 heteroatoms. The number of hydrogen-bond acceptors (Lipinski definition) is 6. The molecule has 0 aliphatic rings. The van der Waals surface area contributed by atoms with Crippen molar-refractivity contribution < 1.29 is 23.1 Å². The van der Waals surface area contributed by atoms with E-state index in [1.807, 2.05) is 0 Å². The highest BCUT2D eigenvalue weighted by Crippen LogP contribution is 2.25. The second-order valence-corrected chi connectivity index (χ2v) is 5.81. The van der Waals surface area contributed by atoms with Crippen LogP contribution in [0.15, 0.2) is 54.7 Å². The summed E-state index contributed by atoms with van der Waals surface area (Å²) in [6.07, 6.45) is 1.25. The van der Waals surface area contributed by atoms with E-state index >= 15 is 0 Å². The van der Waals surface area contributed by atoms with Gasteiger partial charge in [-0.1, -0.05) is 12.1 Å². The van der Waals surface area contributed by atoms with Gasteiger partial charge in [0.25, 0.3) is 0 Å². The largest absolute Gasteiger partial charge is 0.436 e. The number of benzene rings is 2. The zero-order valence-corrected chi connectivity index (χ0v) is 14.9. The number of urea groups is 1. The predicted molar refractivity (Wildman–Crippen MR) is 100 cm³/mol. The topological polar surface area (TPSA) is 119 Å². The number of ether oxygens (including phenoxy) is 1. The van der Waals surface area contributed by atoms with E-state index in [2.05, 4.69) is 20.6 Å². The number of hydrogen-bond donors (Lipinski definition) is 3. The molecule has 8 nitrogen and oxygen atoms in total. The quantitative estimate of drug-likeness (QED) is 0.607. The van der Waals surface area contributed by atoms with Crippen molar-refractivity contribution in [1.29, 1.82) is 0 Å². The van der Waals surface area contributed by atoms with Crippen LogP contribution in [0.3, 0.4) is 0 Å². The van der Waals surface area contributed by atoms with Crippen molar-refractivity contribution in [3.63, 3.8) is 0 Å². The fourth-order valence-electron chi connectivity index (χ4n) is 2.31. The Hall–Kier alpha value is -4.08. The molecule has 0 bridgehead atoms. The van der Waals surface area contributed by atoms with Crippen molar-refractivity contribution in [2.75, 3.05) is 11.1 Å². The first-order valence-corrected chi connectivity index (χ1v) is 8.30. The molecule has 0 aliphatic heterocycles. The van der Waals surface area contributed by atoms with Gasteiger partial charge in [-0.05, 0) is 29.8 Å². The summed E-state index contributed by atoms with van der Waals surface area (Å²) in [5.41, 5.74) is 6.07. The van der Waals surface area contributed by atoms with Gasteiger partial charge in [0.15, 0.2) is 11.6 Å². The van der Waals surface area contributed by atoms with Crippen LogP contribution in [-0.4, -0.2) is 21.9 Å². The lowest BCUT2D eigenvalue weighted by Crippen LogP contribution is -2.35. The number of nitrogens with zero attached hydrogens (tertiary/aromatic N) is 2. The van der Waals surface area contributed by atoms with Crippen LogP contribution in [0.4, 0.5) is 25.2 Å². The van der Waals surface area contributed by atoms with Gasteiger partial charge in [-0.25, -0.2) is 18.6 Å². The molecule has 148 valence electrons. The third kappa shape index (κ3) is 5.70. The molecule has 0 fully saturated rings. The van der Waals surface area contributed by atoms with E-state index in [0.717, 1.165) is 6.07 Å². The van der Waals surface area contributed by atoms with E-state index in [0.29, 0.717) is 5.56 Å². The first-order valence-electron chi connectivity index (χ1n) is 8.30. The number of imide groups is 1. The Labute approximate surface area is 163 Å². The number of amides is 3. The standard InChI is InChI=1S/C19H15F2N5O3/c20-12-3-1-11(2-4-12)9-16(27)25-19(28)24-13-5-6-15(14(21)10-13)29-17-7-8-23-18(22)26-17/h1-8,10H,9H2,(H2,22,23,26)(H2,24,25,27,28). The van der Waals surface area contributed by atoms with Crippen molar-refractivity contribution in [1.82, 2.24) is 15.3 Å². The van der Waals surface area contributed by atoms with Gasteiger partial charge in [0.1, 0.15) is 5.82 Å². The number of carbonyl (C=O) groups excluding carboxylic acids is 2. The van der Waals surface area contributed by atoms with E-state index in [1.54, 1.807) is 0 Å². The molecule has 0 spiro atoms. The van der Waals surface area contributed by atoms with Gasteiger partial charge >= 0.3 is 6.03 Å². The van der Waals surface area contributed by atoms with Gasteiger partial charge in [0, 0.05) is 24.0 Å². The maximum Gasteiger partial charge on any atom is 0.325 e. The van der Waals surface area contributed by atoms with Crippen LogP contribution in [0.5, 0.6) is 11.6 Å². The third-order valence-electron chi connectivity index (χ3n) is 3.58. The average molecular weight is 399 g/mol. The van der Waals surface area contributed by atoms with Gasteiger partial charge in [-0.15, -0.1) is 0 Å². The molecular weight excluding hydrogens is 384 g/mol. The molecule has 1 aromatic heterocycles. The van der Waals surface area contributed by atoms with E-state index in [1.165, 1.54) is 48.7 Å². The fourth-order valence-corrected chi connectivity index (χ4v) is 2.31. The molecule has 0 saturated carbocycles. The van der Waals surface area contributed by atoms with E-state index in [9.17, 15) is 18.4 Å². The lowest BCUT2D eigenvalue weighted by molar-refractivity contribution is -0.119. The van der Waals surface area contributed by atoms with Crippen LogP contribution in [-0.2, 0) is 11.2 Å². The summed E-state index contributed by atoms with van der Waals surface area (Å²) >= 11 is 0. The lowest BCUT2D eigenvalue weighted by atomic mass is 10.1. The van der Waals surface area contributed by atoms with E-state index in [-0.39, 0.29) is 29.7 Å². The minimum Gasteiger partial charge on any atom is -0.436 e. The number of halogens is 2. The van der Waals surface area contributed by atoms with Crippen LogP contribution < -0.4 is 21.1 Å². The SMILES string of the molecule is Nc1nccc(Oc2ccc(NC(=O)NC(=O)Cc3ccc(F)cc3)cc2F)n1. The Morgan fingerprint density at radius 3 is 2.52 bits per heavy atom. The van der Waals surface area contributed by atoms with Crippen molar-refractivity contribution in [3.8, 4) is 11.6 Å². The van der Waals surface area contributed by atoms with Crippen LogP contribution in [0.25, 0.3) is 0 Å². The van der Waals surface area contributed by atoms with Gasteiger partial charge in [0.2, 0.25) is 17.7 Å². The predicted octanol–water partition coefficient (Wildman–Crippen LogP) is 3.02. The lowest BCUT2D eigenvalue weighted by Gasteiger charge is -2.09. The summed E-state index contributed by atoms with van der Waals surface area (Å²) in [4.78, 5) is 31.3. The number of aromatic nitrogens is 2. The summed E-state index contributed by atoms with van der Waals surface area (Å²) in [5.74, 6) is -1.90. The van der Waals surface area contributed by atoms with Crippen molar-refractivity contribution in [2.45, 2.75) is 6.42 Å². The van der Waals surface area contributed by atoms with Crippen molar-refractivity contribution >= 4 is 23.6 Å².